The molecule has 0 aromatic carbocycles. The molecule has 0 saturated heterocycles. The van der Waals surface area contributed by atoms with Crippen LogP contribution in [0.3, 0.4) is 0 Å². The summed E-state index contributed by atoms with van der Waals surface area (Å²) in [4.78, 5) is 25.4. The number of carbonyl (C=O) groups is 2. The Kier molecular flexibility index (Phi) is 6.20. The van der Waals surface area contributed by atoms with Gasteiger partial charge in [-0.3, -0.25) is 9.59 Å². The Labute approximate surface area is 117 Å². The van der Waals surface area contributed by atoms with E-state index < -0.39 is 0 Å². The summed E-state index contributed by atoms with van der Waals surface area (Å²) in [7, 11) is 1.75. The van der Waals surface area contributed by atoms with E-state index in [9.17, 15) is 9.59 Å². The van der Waals surface area contributed by atoms with Crippen LogP contribution in [0.2, 0.25) is 0 Å². The van der Waals surface area contributed by atoms with E-state index in [1.807, 2.05) is 20.8 Å². The molecule has 2 N–H and O–H groups in total. The van der Waals surface area contributed by atoms with Crippen LogP contribution in [0.15, 0.2) is 0 Å². The van der Waals surface area contributed by atoms with Gasteiger partial charge in [-0.2, -0.15) is 0 Å². The first kappa shape index (κ1) is 18.1. The minimum atomic E-state index is -0.374. The van der Waals surface area contributed by atoms with E-state index in [0.717, 1.165) is 0 Å². The van der Waals surface area contributed by atoms with Crippen LogP contribution in [-0.4, -0.2) is 36.2 Å². The molecule has 0 fully saturated rings. The van der Waals surface area contributed by atoms with Gasteiger partial charge in [0.1, 0.15) is 5.78 Å². The predicted molar refractivity (Wildman–Crippen MR) is 78.8 cm³/mol. The quantitative estimate of drug-likeness (QED) is 0.833. The highest BCUT2D eigenvalue weighted by molar-refractivity contribution is 5.88. The van der Waals surface area contributed by atoms with Crippen LogP contribution in [0.1, 0.15) is 54.4 Å². The zero-order chi connectivity index (χ0) is 15.4. The number of hydrogen-bond acceptors (Lipinski definition) is 3. The molecule has 0 saturated carbocycles. The van der Waals surface area contributed by atoms with Crippen LogP contribution in [-0.2, 0) is 9.59 Å². The van der Waals surface area contributed by atoms with E-state index >= 15 is 0 Å². The van der Waals surface area contributed by atoms with Crippen molar-refractivity contribution in [3.8, 4) is 0 Å². The number of nitrogens with two attached hydrogens (primary N) is 1. The fourth-order valence-corrected chi connectivity index (χ4v) is 1.46. The molecule has 0 bridgehead atoms. The first-order valence-electron chi connectivity index (χ1n) is 6.88. The van der Waals surface area contributed by atoms with Gasteiger partial charge in [0.25, 0.3) is 0 Å². The number of nitrogens with zero attached hydrogens (tertiary/aromatic N) is 1. The van der Waals surface area contributed by atoms with E-state index in [-0.39, 0.29) is 35.0 Å². The lowest BCUT2D eigenvalue weighted by molar-refractivity contribution is -0.134. The monoisotopic (exact) mass is 270 g/mol. The van der Waals surface area contributed by atoms with Gasteiger partial charge in [-0.1, -0.05) is 41.5 Å². The zero-order valence-electron chi connectivity index (χ0n) is 13.5. The minimum Gasteiger partial charge on any atom is -0.344 e. The Morgan fingerprint density at radius 2 is 1.53 bits per heavy atom. The van der Waals surface area contributed by atoms with Crippen molar-refractivity contribution in [1.82, 2.24) is 4.90 Å². The van der Waals surface area contributed by atoms with E-state index in [1.165, 1.54) is 0 Å². The van der Waals surface area contributed by atoms with Crippen LogP contribution in [0.4, 0.5) is 0 Å². The normalized spacial score (nSPS) is 14.1. The van der Waals surface area contributed by atoms with Crippen molar-refractivity contribution in [2.24, 2.45) is 16.6 Å². The average Bonchev–Trinajstić information content (AvgIpc) is 2.22. The molecule has 1 unspecified atom stereocenters. The topological polar surface area (TPSA) is 63.4 Å². The number of ketones is 1. The standard InChI is InChI=1S/C15H30N2O2/c1-14(2,3)11(16)10-17(7)13(19)9-8-12(18)15(4,5)6/h11H,8-10,16H2,1-7H3. The molecule has 0 aromatic rings. The third-order valence-corrected chi connectivity index (χ3v) is 3.41. The summed E-state index contributed by atoms with van der Waals surface area (Å²) in [6.45, 7) is 12.3. The first-order chi connectivity index (χ1) is 8.35. The largest absolute Gasteiger partial charge is 0.344 e. The third-order valence-electron chi connectivity index (χ3n) is 3.41. The van der Waals surface area contributed by atoms with Crippen LogP contribution in [0.5, 0.6) is 0 Å². The number of amides is 1. The zero-order valence-corrected chi connectivity index (χ0v) is 13.5. The summed E-state index contributed by atoms with van der Waals surface area (Å²) >= 11 is 0. The summed E-state index contributed by atoms with van der Waals surface area (Å²) in [5, 5.41) is 0. The van der Waals surface area contributed by atoms with Gasteiger partial charge in [-0.25, -0.2) is 0 Å². The SMILES string of the molecule is CN(CC(N)C(C)(C)C)C(=O)CCC(=O)C(C)(C)C. The summed E-state index contributed by atoms with van der Waals surface area (Å²) in [6, 6.07) is -0.0697. The predicted octanol–water partition coefficient (Wildman–Crippen LogP) is 2.21. The van der Waals surface area contributed by atoms with Crippen LogP contribution in [0, 0.1) is 10.8 Å². The lowest BCUT2D eigenvalue weighted by Gasteiger charge is -2.31. The lowest BCUT2D eigenvalue weighted by atomic mass is 9.87. The fourth-order valence-electron chi connectivity index (χ4n) is 1.46. The van der Waals surface area contributed by atoms with Gasteiger partial charge in [0.2, 0.25) is 5.91 Å². The van der Waals surface area contributed by atoms with Gasteiger partial charge in [0.05, 0.1) is 0 Å². The summed E-state index contributed by atoms with van der Waals surface area (Å²) in [5.41, 5.74) is 5.65. The number of Topliss-reactive ketones (excluding diaryl/α,β-unsaturated/α-hetero) is 1. The van der Waals surface area contributed by atoms with Crippen molar-refractivity contribution in [3.05, 3.63) is 0 Å². The molecule has 4 heteroatoms. The lowest BCUT2D eigenvalue weighted by Crippen LogP contribution is -2.46. The number of rotatable bonds is 5. The van der Waals surface area contributed by atoms with Gasteiger partial charge >= 0.3 is 0 Å². The third kappa shape index (κ3) is 6.71. The maximum atomic E-state index is 12.0. The van der Waals surface area contributed by atoms with E-state index in [4.69, 9.17) is 5.73 Å². The van der Waals surface area contributed by atoms with Crippen LogP contribution in [0.25, 0.3) is 0 Å². The second-order valence-electron chi connectivity index (χ2n) is 7.42. The second kappa shape index (κ2) is 6.51. The van der Waals surface area contributed by atoms with Gasteiger partial charge < -0.3 is 10.6 Å². The molecular weight excluding hydrogens is 240 g/mol. The molecule has 0 aliphatic carbocycles. The number of carbonyl (C=O) groups excluding carboxylic acids is 2. The molecule has 0 rings (SSSR count). The Bertz CT molecular complexity index is 324. The van der Waals surface area contributed by atoms with Crippen molar-refractivity contribution < 1.29 is 9.59 Å². The molecule has 112 valence electrons. The molecule has 0 spiro atoms. The van der Waals surface area contributed by atoms with E-state index in [0.29, 0.717) is 13.0 Å². The fraction of sp³-hybridized carbons (Fsp3) is 0.867. The van der Waals surface area contributed by atoms with Crippen molar-refractivity contribution in [2.75, 3.05) is 13.6 Å². The van der Waals surface area contributed by atoms with Crippen molar-refractivity contribution in [3.63, 3.8) is 0 Å². The number of likely N-dealkylation sites (N-methyl/N-ethyl adjacent to an activating group) is 1. The molecular formula is C15H30N2O2. The highest BCUT2D eigenvalue weighted by Crippen LogP contribution is 2.19. The van der Waals surface area contributed by atoms with E-state index in [2.05, 4.69) is 20.8 Å². The molecule has 19 heavy (non-hydrogen) atoms. The number of hydrogen-bond donors (Lipinski definition) is 1. The molecule has 4 nitrogen and oxygen atoms in total. The van der Waals surface area contributed by atoms with Crippen molar-refractivity contribution in [2.45, 2.75) is 60.4 Å². The van der Waals surface area contributed by atoms with E-state index in [1.54, 1.807) is 11.9 Å². The second-order valence-corrected chi connectivity index (χ2v) is 7.42. The maximum absolute atomic E-state index is 12.0. The summed E-state index contributed by atoms with van der Waals surface area (Å²) < 4.78 is 0. The van der Waals surface area contributed by atoms with Gasteiger partial charge in [0.15, 0.2) is 0 Å². The Balaban J connectivity index is 4.27. The smallest absolute Gasteiger partial charge is 0.222 e. The minimum absolute atomic E-state index is 0.0164. The molecule has 0 aliphatic heterocycles. The maximum Gasteiger partial charge on any atom is 0.222 e. The highest BCUT2D eigenvalue weighted by Gasteiger charge is 2.25. The Hall–Kier alpha value is -0.900. The molecule has 0 aromatic heterocycles. The summed E-state index contributed by atoms with van der Waals surface area (Å²) in [5.74, 6) is 0.103. The molecule has 1 atom stereocenters. The first-order valence-corrected chi connectivity index (χ1v) is 6.88. The molecule has 0 aliphatic rings. The van der Waals surface area contributed by atoms with Crippen LogP contribution >= 0.6 is 0 Å². The molecule has 1 amide bonds. The average molecular weight is 270 g/mol. The van der Waals surface area contributed by atoms with Crippen molar-refractivity contribution >= 4 is 11.7 Å². The van der Waals surface area contributed by atoms with Gasteiger partial charge in [-0.05, 0) is 5.41 Å². The molecule has 0 heterocycles. The van der Waals surface area contributed by atoms with Crippen molar-refractivity contribution in [1.29, 1.82) is 0 Å². The van der Waals surface area contributed by atoms with Gasteiger partial charge in [-0.15, -0.1) is 0 Å². The Morgan fingerprint density at radius 1 is 1.05 bits per heavy atom. The highest BCUT2D eigenvalue weighted by atomic mass is 16.2. The van der Waals surface area contributed by atoms with Crippen LogP contribution < -0.4 is 5.73 Å². The Morgan fingerprint density at radius 3 is 1.89 bits per heavy atom. The molecule has 0 radical (unpaired) electrons. The van der Waals surface area contributed by atoms with Gasteiger partial charge in [0, 0.05) is 37.9 Å². The summed E-state index contributed by atoms with van der Waals surface area (Å²) in [6.07, 6.45) is 0.570.